The molecule has 0 bridgehead atoms. The Morgan fingerprint density at radius 1 is 1.15 bits per heavy atom. The summed E-state index contributed by atoms with van der Waals surface area (Å²) in [7, 11) is 3.96. The molecule has 3 heterocycles. The number of nitrogens with one attached hydrogen (secondary N) is 2. The van der Waals surface area contributed by atoms with Crippen molar-refractivity contribution in [1.82, 2.24) is 19.8 Å². The van der Waals surface area contributed by atoms with Crippen LogP contribution in [0, 0.1) is 5.92 Å². The number of likely N-dealkylation sites (N-methyl/N-ethyl adjacent to an activating group) is 1. The van der Waals surface area contributed by atoms with E-state index < -0.39 is 0 Å². The molecule has 0 atom stereocenters. The first-order valence-electron chi connectivity index (χ1n) is 13.3. The summed E-state index contributed by atoms with van der Waals surface area (Å²) in [4.78, 5) is 38.5. The van der Waals surface area contributed by atoms with Gasteiger partial charge in [-0.05, 0) is 32.9 Å². The number of carbonyl (C=O) groups excluding carboxylic acids is 3. The van der Waals surface area contributed by atoms with Gasteiger partial charge in [0, 0.05) is 43.5 Å². The van der Waals surface area contributed by atoms with Crippen LogP contribution >= 0.6 is 11.3 Å². The standard InChI is InChI=1S/C17H16N4O2S.C7H15NO.C5H12.CH2O/c1-21-8-7-13(10-21)16(23)18-9-15(22)20-17-19-14(11-24-17)12-5-3-2-4-6-12;1-7(2)6-8(3)4-5-9-7;1-4-5(2)3;1-2/h2-8,10-11H,9H2,1H3,(H,18,23)(H,19,20,22);4-6H2,1-3H3;5H,4H2,1-3H3;1H2. The van der Waals surface area contributed by atoms with Crippen molar-refractivity contribution < 1.29 is 19.1 Å². The van der Waals surface area contributed by atoms with Crippen molar-refractivity contribution in [2.24, 2.45) is 13.0 Å². The summed E-state index contributed by atoms with van der Waals surface area (Å²) in [5, 5.41) is 7.67. The topological polar surface area (TPSA) is 106 Å². The van der Waals surface area contributed by atoms with Gasteiger partial charge in [0.25, 0.3) is 5.91 Å². The SMILES string of the molecule is C=O.CCC(C)C.CN1CCOC(C)(C)C1.Cn1ccc(C(=O)NCC(=O)Nc2nc(-c3ccccc3)cs2)c1. The molecule has 10 heteroatoms. The number of hydrogen-bond acceptors (Lipinski definition) is 7. The molecule has 1 aliphatic heterocycles. The molecule has 40 heavy (non-hydrogen) atoms. The van der Waals surface area contributed by atoms with Gasteiger partial charge in [-0.2, -0.15) is 0 Å². The van der Waals surface area contributed by atoms with E-state index in [1.54, 1.807) is 23.0 Å². The van der Waals surface area contributed by atoms with Gasteiger partial charge >= 0.3 is 0 Å². The molecule has 2 N–H and O–H groups in total. The highest BCUT2D eigenvalue weighted by Crippen LogP contribution is 2.24. The van der Waals surface area contributed by atoms with Crippen LogP contribution in [0.25, 0.3) is 11.3 Å². The average Bonchev–Trinajstić information content (AvgIpc) is 3.58. The normalized spacial score (nSPS) is 13.9. The first-order valence-corrected chi connectivity index (χ1v) is 14.2. The maximum atomic E-state index is 11.9. The highest BCUT2D eigenvalue weighted by atomic mass is 32.1. The second kappa shape index (κ2) is 18.1. The number of nitrogens with zero attached hydrogens (tertiary/aromatic N) is 3. The zero-order chi connectivity index (χ0) is 30.1. The van der Waals surface area contributed by atoms with Crippen LogP contribution in [-0.2, 0) is 21.4 Å². The third-order valence-electron chi connectivity index (χ3n) is 5.76. The summed E-state index contributed by atoms with van der Waals surface area (Å²) < 4.78 is 7.27. The first-order chi connectivity index (χ1) is 19.0. The maximum Gasteiger partial charge on any atom is 0.253 e. The van der Waals surface area contributed by atoms with E-state index in [2.05, 4.69) is 62.2 Å². The number of aromatic nitrogens is 2. The molecule has 2 aromatic heterocycles. The molecule has 2 amide bonds. The monoisotopic (exact) mass is 571 g/mol. The van der Waals surface area contributed by atoms with Crippen molar-refractivity contribution >= 4 is 35.1 Å². The van der Waals surface area contributed by atoms with Gasteiger partial charge in [0.15, 0.2) is 5.13 Å². The van der Waals surface area contributed by atoms with Gasteiger partial charge in [-0.25, -0.2) is 4.98 Å². The van der Waals surface area contributed by atoms with Crippen LogP contribution in [-0.4, -0.2) is 71.9 Å². The Kier molecular flexibility index (Phi) is 15.7. The van der Waals surface area contributed by atoms with E-state index in [1.165, 1.54) is 17.8 Å². The van der Waals surface area contributed by atoms with Crippen molar-refractivity contribution in [3.05, 3.63) is 59.7 Å². The van der Waals surface area contributed by atoms with Gasteiger partial charge in [-0.1, -0.05) is 57.5 Å². The number of amides is 2. The average molecular weight is 572 g/mol. The van der Waals surface area contributed by atoms with E-state index in [9.17, 15) is 9.59 Å². The molecule has 0 spiro atoms. The molecule has 1 aliphatic rings. The van der Waals surface area contributed by atoms with Crippen molar-refractivity contribution in [3.8, 4) is 11.3 Å². The van der Waals surface area contributed by atoms with Crippen molar-refractivity contribution in [1.29, 1.82) is 0 Å². The quantitative estimate of drug-likeness (QED) is 0.426. The van der Waals surface area contributed by atoms with Crippen molar-refractivity contribution in [2.45, 2.75) is 46.6 Å². The predicted molar refractivity (Wildman–Crippen MR) is 164 cm³/mol. The molecule has 1 fully saturated rings. The van der Waals surface area contributed by atoms with Crippen LogP contribution in [0.4, 0.5) is 5.13 Å². The second-order valence-corrected chi connectivity index (χ2v) is 11.2. The Hall–Kier alpha value is -3.34. The Bertz CT molecular complexity index is 1140. The molecule has 3 aromatic rings. The third kappa shape index (κ3) is 13.6. The van der Waals surface area contributed by atoms with E-state index in [-0.39, 0.29) is 24.0 Å². The minimum Gasteiger partial charge on any atom is -0.373 e. The molecule has 0 aliphatic carbocycles. The van der Waals surface area contributed by atoms with E-state index in [1.807, 2.05) is 49.5 Å². The molecular formula is C30H45N5O4S. The van der Waals surface area contributed by atoms with Crippen molar-refractivity contribution in [2.75, 3.05) is 38.6 Å². The number of carbonyl (C=O) groups is 3. The fourth-order valence-corrected chi connectivity index (χ4v) is 4.12. The molecular weight excluding hydrogens is 526 g/mol. The lowest BCUT2D eigenvalue weighted by Gasteiger charge is -2.35. The molecule has 0 unspecified atom stereocenters. The number of aryl methyl sites for hydroxylation is 1. The van der Waals surface area contributed by atoms with Crippen LogP contribution in [0.1, 0.15) is 51.4 Å². The zero-order valence-corrected chi connectivity index (χ0v) is 25.7. The fraction of sp³-hybridized carbons (Fsp3) is 0.467. The molecule has 9 nitrogen and oxygen atoms in total. The molecule has 220 valence electrons. The highest BCUT2D eigenvalue weighted by Gasteiger charge is 2.24. The number of morpholine rings is 1. The number of hydrogen-bond donors (Lipinski definition) is 2. The fourth-order valence-electron chi connectivity index (χ4n) is 3.39. The summed E-state index contributed by atoms with van der Waals surface area (Å²) in [6.45, 7) is 15.8. The molecule has 1 aromatic carbocycles. The van der Waals surface area contributed by atoms with Crippen LogP contribution in [0.15, 0.2) is 54.2 Å². The van der Waals surface area contributed by atoms with Gasteiger partial charge in [-0.3, -0.25) is 9.59 Å². The van der Waals surface area contributed by atoms with E-state index >= 15 is 0 Å². The van der Waals surface area contributed by atoms with E-state index in [0.29, 0.717) is 10.7 Å². The molecule has 0 radical (unpaired) electrons. The van der Waals surface area contributed by atoms with Gasteiger partial charge in [0.2, 0.25) is 5.91 Å². The van der Waals surface area contributed by atoms with Crippen LogP contribution in [0.2, 0.25) is 0 Å². The smallest absolute Gasteiger partial charge is 0.253 e. The van der Waals surface area contributed by atoms with Gasteiger partial charge < -0.3 is 29.6 Å². The molecule has 4 rings (SSSR count). The Balaban J connectivity index is 0.000000411. The third-order valence-corrected chi connectivity index (χ3v) is 6.51. The van der Waals surface area contributed by atoms with Crippen LogP contribution in [0.3, 0.4) is 0 Å². The van der Waals surface area contributed by atoms with Gasteiger partial charge in [0.05, 0.1) is 30.0 Å². The zero-order valence-electron chi connectivity index (χ0n) is 24.9. The lowest BCUT2D eigenvalue weighted by atomic mass is 10.1. The predicted octanol–water partition coefficient (Wildman–Crippen LogP) is 5.11. The Morgan fingerprint density at radius 2 is 1.80 bits per heavy atom. The summed E-state index contributed by atoms with van der Waals surface area (Å²) >= 11 is 1.35. The number of rotatable bonds is 6. The summed E-state index contributed by atoms with van der Waals surface area (Å²) in [5.74, 6) is 0.290. The number of benzene rings is 1. The van der Waals surface area contributed by atoms with Crippen LogP contribution < -0.4 is 10.6 Å². The van der Waals surface area contributed by atoms with Gasteiger partial charge in [0.1, 0.15) is 6.79 Å². The highest BCUT2D eigenvalue weighted by molar-refractivity contribution is 7.14. The Morgan fingerprint density at radius 3 is 2.30 bits per heavy atom. The van der Waals surface area contributed by atoms with Gasteiger partial charge in [-0.15, -0.1) is 11.3 Å². The van der Waals surface area contributed by atoms with E-state index in [0.717, 1.165) is 36.9 Å². The second-order valence-electron chi connectivity index (χ2n) is 10.3. The summed E-state index contributed by atoms with van der Waals surface area (Å²) in [6.07, 6.45) is 4.77. The van der Waals surface area contributed by atoms with Crippen LogP contribution in [0.5, 0.6) is 0 Å². The van der Waals surface area contributed by atoms with E-state index in [4.69, 9.17) is 9.53 Å². The number of anilines is 1. The first kappa shape index (κ1) is 34.7. The van der Waals surface area contributed by atoms with Crippen molar-refractivity contribution in [3.63, 3.8) is 0 Å². The number of thiazole rings is 1. The lowest BCUT2D eigenvalue weighted by molar-refractivity contribution is -0.115. The summed E-state index contributed by atoms with van der Waals surface area (Å²) in [5.41, 5.74) is 2.40. The lowest BCUT2D eigenvalue weighted by Crippen LogP contribution is -2.46. The number of ether oxygens (including phenoxy) is 1. The minimum atomic E-state index is -0.312. The molecule has 0 saturated carbocycles. The maximum absolute atomic E-state index is 11.9. The molecule has 1 saturated heterocycles. The Labute approximate surface area is 242 Å². The largest absolute Gasteiger partial charge is 0.373 e. The summed E-state index contributed by atoms with van der Waals surface area (Å²) in [6, 6.07) is 11.4. The minimum absolute atomic E-state index is 0.0764.